The van der Waals surface area contributed by atoms with Gasteiger partial charge in [0.2, 0.25) is 0 Å². The van der Waals surface area contributed by atoms with Crippen LogP contribution in [0.3, 0.4) is 0 Å². The first-order chi connectivity index (χ1) is 9.76. The van der Waals surface area contributed by atoms with Gasteiger partial charge in [0.05, 0.1) is 0 Å². The second kappa shape index (κ2) is 11.1. The monoisotopic (exact) mass is 337 g/mol. The van der Waals surface area contributed by atoms with Crippen molar-refractivity contribution in [1.29, 1.82) is 0 Å². The number of unbranched alkanes of at least 4 members (excludes halogenated alkanes) is 5. The third-order valence-electron chi connectivity index (χ3n) is 3.51. The molecular formula is C18H28BrN. The van der Waals surface area contributed by atoms with Gasteiger partial charge in [0.15, 0.2) is 0 Å². The average molecular weight is 338 g/mol. The van der Waals surface area contributed by atoms with E-state index in [1.807, 2.05) is 6.08 Å². The van der Waals surface area contributed by atoms with Crippen LogP contribution in [0.4, 0.5) is 0 Å². The highest BCUT2D eigenvalue weighted by molar-refractivity contribution is 9.10. The van der Waals surface area contributed by atoms with Gasteiger partial charge in [0.25, 0.3) is 0 Å². The second-order valence-corrected chi connectivity index (χ2v) is 6.34. The number of halogens is 1. The molecule has 0 saturated carbocycles. The van der Waals surface area contributed by atoms with Crippen molar-refractivity contribution in [3.8, 4) is 0 Å². The number of hydrogen-bond acceptors (Lipinski definition) is 1. The van der Waals surface area contributed by atoms with Crippen molar-refractivity contribution in [3.63, 3.8) is 0 Å². The molecule has 1 nitrogen and oxygen atoms in total. The van der Waals surface area contributed by atoms with Crippen molar-refractivity contribution in [2.45, 2.75) is 52.0 Å². The molecule has 20 heavy (non-hydrogen) atoms. The van der Waals surface area contributed by atoms with Crippen LogP contribution in [-0.4, -0.2) is 18.0 Å². The van der Waals surface area contributed by atoms with Crippen LogP contribution in [0.1, 0.15) is 51.0 Å². The molecule has 2 heteroatoms. The molecule has 1 aromatic rings. The maximum atomic E-state index is 3.88. The van der Waals surface area contributed by atoms with Crippen molar-refractivity contribution >= 4 is 15.9 Å². The van der Waals surface area contributed by atoms with E-state index in [-0.39, 0.29) is 0 Å². The van der Waals surface area contributed by atoms with Crippen LogP contribution in [0.15, 0.2) is 41.4 Å². The Bertz CT molecular complexity index is 375. The molecule has 1 aromatic carbocycles. The third-order valence-corrected chi connectivity index (χ3v) is 4.00. The van der Waals surface area contributed by atoms with E-state index >= 15 is 0 Å². The van der Waals surface area contributed by atoms with Gasteiger partial charge in [0, 0.05) is 17.6 Å². The fourth-order valence-corrected chi connectivity index (χ4v) is 2.87. The predicted octanol–water partition coefficient (Wildman–Crippen LogP) is 5.80. The maximum Gasteiger partial charge on any atom is 0.0237 e. The highest BCUT2D eigenvalue weighted by Crippen LogP contribution is 2.14. The van der Waals surface area contributed by atoms with E-state index in [2.05, 4.69) is 58.6 Å². The van der Waals surface area contributed by atoms with Gasteiger partial charge >= 0.3 is 0 Å². The molecule has 0 fully saturated rings. The van der Waals surface area contributed by atoms with Crippen molar-refractivity contribution in [1.82, 2.24) is 4.90 Å². The summed E-state index contributed by atoms with van der Waals surface area (Å²) in [6.45, 7) is 9.30. The Labute approximate surface area is 133 Å². The van der Waals surface area contributed by atoms with Gasteiger partial charge in [-0.15, -0.1) is 6.58 Å². The quantitative estimate of drug-likeness (QED) is 0.364. The van der Waals surface area contributed by atoms with Crippen LogP contribution in [0.5, 0.6) is 0 Å². The Morgan fingerprint density at radius 1 is 1.15 bits per heavy atom. The molecule has 0 bridgehead atoms. The topological polar surface area (TPSA) is 3.24 Å². The van der Waals surface area contributed by atoms with Gasteiger partial charge in [-0.05, 0) is 30.7 Å². The summed E-state index contributed by atoms with van der Waals surface area (Å²) in [6.07, 6.45) is 10.1. The number of rotatable bonds is 11. The van der Waals surface area contributed by atoms with E-state index in [9.17, 15) is 0 Å². The lowest BCUT2D eigenvalue weighted by atomic mass is 10.1. The molecule has 1 rings (SSSR count). The molecule has 0 atom stereocenters. The highest BCUT2D eigenvalue weighted by atomic mass is 79.9. The summed E-state index contributed by atoms with van der Waals surface area (Å²) in [7, 11) is 0. The lowest BCUT2D eigenvalue weighted by Crippen LogP contribution is -2.24. The van der Waals surface area contributed by atoms with E-state index in [4.69, 9.17) is 0 Å². The van der Waals surface area contributed by atoms with E-state index in [0.717, 1.165) is 17.6 Å². The average Bonchev–Trinajstić information content (AvgIpc) is 2.43. The van der Waals surface area contributed by atoms with Crippen LogP contribution in [0.25, 0.3) is 0 Å². The first kappa shape index (κ1) is 17.5. The third kappa shape index (κ3) is 7.86. The smallest absolute Gasteiger partial charge is 0.0237 e. The van der Waals surface area contributed by atoms with E-state index in [0.29, 0.717) is 0 Å². The van der Waals surface area contributed by atoms with Crippen LogP contribution < -0.4 is 0 Å². The van der Waals surface area contributed by atoms with Gasteiger partial charge in [-0.1, -0.05) is 73.2 Å². The molecule has 0 aliphatic carbocycles. The van der Waals surface area contributed by atoms with Gasteiger partial charge in [-0.25, -0.2) is 0 Å². The number of hydrogen-bond donors (Lipinski definition) is 0. The van der Waals surface area contributed by atoms with Crippen LogP contribution >= 0.6 is 15.9 Å². The Morgan fingerprint density at radius 2 is 1.90 bits per heavy atom. The van der Waals surface area contributed by atoms with Gasteiger partial charge in [-0.3, -0.25) is 4.90 Å². The van der Waals surface area contributed by atoms with Crippen LogP contribution in [0, 0.1) is 0 Å². The fraction of sp³-hybridized carbons (Fsp3) is 0.556. The summed E-state index contributed by atoms with van der Waals surface area (Å²) in [4.78, 5) is 2.48. The van der Waals surface area contributed by atoms with E-state index in [1.54, 1.807) is 0 Å². The molecule has 0 N–H and O–H groups in total. The highest BCUT2D eigenvalue weighted by Gasteiger charge is 2.04. The zero-order valence-electron chi connectivity index (χ0n) is 12.8. The molecule has 0 aliphatic rings. The Balaban J connectivity index is 2.31. The molecular weight excluding hydrogens is 310 g/mol. The van der Waals surface area contributed by atoms with E-state index < -0.39 is 0 Å². The van der Waals surface area contributed by atoms with Gasteiger partial charge in [-0.2, -0.15) is 0 Å². The predicted molar refractivity (Wildman–Crippen MR) is 93.0 cm³/mol. The minimum atomic E-state index is 0.974. The maximum absolute atomic E-state index is 3.88. The summed E-state index contributed by atoms with van der Waals surface area (Å²) < 4.78 is 1.16. The molecule has 112 valence electrons. The Hall–Kier alpha value is -0.600. The lowest BCUT2D eigenvalue weighted by Gasteiger charge is -2.20. The molecule has 0 saturated heterocycles. The molecule has 0 heterocycles. The zero-order chi connectivity index (χ0) is 14.6. The summed E-state index contributed by atoms with van der Waals surface area (Å²) in [5, 5.41) is 0. The Morgan fingerprint density at radius 3 is 2.60 bits per heavy atom. The molecule has 0 radical (unpaired) electrons. The summed E-state index contributed by atoms with van der Waals surface area (Å²) in [6, 6.07) is 8.59. The van der Waals surface area contributed by atoms with Crippen molar-refractivity contribution in [2.75, 3.05) is 13.1 Å². The van der Waals surface area contributed by atoms with Gasteiger partial charge in [0.1, 0.15) is 0 Å². The number of benzene rings is 1. The largest absolute Gasteiger partial charge is 0.295 e. The normalized spacial score (nSPS) is 10.9. The van der Waals surface area contributed by atoms with Crippen LogP contribution in [-0.2, 0) is 6.54 Å². The molecule has 0 aliphatic heterocycles. The fourth-order valence-electron chi connectivity index (χ4n) is 2.43. The van der Waals surface area contributed by atoms with Crippen molar-refractivity contribution in [3.05, 3.63) is 47.0 Å². The number of nitrogens with zero attached hydrogens (tertiary/aromatic N) is 1. The summed E-state index contributed by atoms with van der Waals surface area (Å²) >= 11 is 3.54. The molecule has 0 spiro atoms. The van der Waals surface area contributed by atoms with Crippen LogP contribution in [0.2, 0.25) is 0 Å². The molecule has 0 unspecified atom stereocenters. The van der Waals surface area contributed by atoms with Crippen molar-refractivity contribution in [2.24, 2.45) is 0 Å². The van der Waals surface area contributed by atoms with Gasteiger partial charge < -0.3 is 0 Å². The molecule has 0 aromatic heterocycles. The summed E-state index contributed by atoms with van der Waals surface area (Å²) in [5.41, 5.74) is 1.37. The van der Waals surface area contributed by atoms with Crippen molar-refractivity contribution < 1.29 is 0 Å². The van der Waals surface area contributed by atoms with E-state index in [1.165, 1.54) is 50.6 Å². The first-order valence-corrected chi connectivity index (χ1v) is 8.63. The summed E-state index contributed by atoms with van der Waals surface area (Å²) in [5.74, 6) is 0. The lowest BCUT2D eigenvalue weighted by molar-refractivity contribution is 0.286. The standard InChI is InChI=1S/C18H28BrN/c1-3-5-6-7-8-9-14-20(13-4-2)16-17-11-10-12-18(19)15-17/h4,10-12,15H,2-3,5-9,13-14,16H2,1H3. The Kier molecular flexibility index (Phi) is 9.69. The minimum absolute atomic E-state index is 0.974. The minimum Gasteiger partial charge on any atom is -0.295 e. The zero-order valence-corrected chi connectivity index (χ0v) is 14.4. The second-order valence-electron chi connectivity index (χ2n) is 5.42. The SMILES string of the molecule is C=CCN(CCCCCCCC)Cc1cccc(Br)c1. The first-order valence-electron chi connectivity index (χ1n) is 7.84. The molecule has 0 amide bonds.